The summed E-state index contributed by atoms with van der Waals surface area (Å²) in [6.45, 7) is 0. The third kappa shape index (κ3) is 1.56. The third-order valence-corrected chi connectivity index (χ3v) is 2.35. The number of carbonyl (C=O) groups excluding carboxylic acids is 1. The fourth-order valence-electron chi connectivity index (χ4n) is 1.50. The van der Waals surface area contributed by atoms with Gasteiger partial charge in [0.15, 0.2) is 12.1 Å². The summed E-state index contributed by atoms with van der Waals surface area (Å²) in [6.07, 6.45) is -3.89. The Balaban J connectivity index is 2.68. The Labute approximate surface area is 88.5 Å². The van der Waals surface area contributed by atoms with Crippen molar-refractivity contribution >= 4 is 17.3 Å². The van der Waals surface area contributed by atoms with Crippen molar-refractivity contribution in [1.82, 2.24) is 9.55 Å². The van der Waals surface area contributed by atoms with Gasteiger partial charge in [0.2, 0.25) is 0 Å². The first-order valence-electron chi connectivity index (χ1n) is 4.42. The van der Waals surface area contributed by atoms with Crippen LogP contribution in [0.15, 0.2) is 18.2 Å². The molecule has 16 heavy (non-hydrogen) atoms. The molecule has 0 spiro atoms. The van der Waals surface area contributed by atoms with Crippen LogP contribution < -0.4 is 0 Å². The molecule has 0 unspecified atom stereocenters. The predicted octanol–water partition coefficient (Wildman–Crippen LogP) is 2.40. The van der Waals surface area contributed by atoms with Gasteiger partial charge in [0.05, 0.1) is 16.6 Å². The molecular weight excluding hydrogens is 221 g/mol. The lowest BCUT2D eigenvalue weighted by molar-refractivity contribution is -0.137. The summed E-state index contributed by atoms with van der Waals surface area (Å²) in [7, 11) is 1.58. The minimum atomic E-state index is -4.40. The van der Waals surface area contributed by atoms with E-state index in [0.717, 1.165) is 12.1 Å². The van der Waals surface area contributed by atoms with E-state index in [0.29, 0.717) is 11.8 Å². The molecule has 0 aliphatic heterocycles. The number of benzene rings is 1. The number of imidazole rings is 1. The molecule has 0 radical (unpaired) electrons. The van der Waals surface area contributed by atoms with Crippen LogP contribution in [0, 0.1) is 0 Å². The average molecular weight is 228 g/mol. The molecule has 0 aliphatic rings. The topological polar surface area (TPSA) is 34.9 Å². The van der Waals surface area contributed by atoms with Crippen molar-refractivity contribution in [3.63, 3.8) is 0 Å². The van der Waals surface area contributed by atoms with Crippen LogP contribution in [0.25, 0.3) is 11.0 Å². The number of nitrogens with zero attached hydrogens (tertiary/aromatic N) is 2. The van der Waals surface area contributed by atoms with Crippen molar-refractivity contribution in [2.45, 2.75) is 6.18 Å². The first-order valence-corrected chi connectivity index (χ1v) is 4.42. The average Bonchev–Trinajstić information content (AvgIpc) is 2.54. The third-order valence-electron chi connectivity index (χ3n) is 2.35. The zero-order valence-corrected chi connectivity index (χ0v) is 8.25. The molecule has 2 aromatic rings. The lowest BCUT2D eigenvalue weighted by Crippen LogP contribution is -2.04. The lowest BCUT2D eigenvalue weighted by Gasteiger charge is -2.05. The molecule has 6 heteroatoms. The fourth-order valence-corrected chi connectivity index (χ4v) is 1.50. The fraction of sp³-hybridized carbons (Fsp3) is 0.200. The normalized spacial score (nSPS) is 12.0. The number of hydrogen-bond donors (Lipinski definition) is 0. The molecule has 1 aromatic carbocycles. The molecule has 1 heterocycles. The molecule has 3 nitrogen and oxygen atoms in total. The van der Waals surface area contributed by atoms with Crippen molar-refractivity contribution in [3.8, 4) is 0 Å². The monoisotopic (exact) mass is 228 g/mol. The minimum absolute atomic E-state index is 0.106. The van der Waals surface area contributed by atoms with Gasteiger partial charge in [0, 0.05) is 7.05 Å². The summed E-state index contributed by atoms with van der Waals surface area (Å²) < 4.78 is 38.6. The molecule has 0 amide bonds. The molecule has 0 saturated heterocycles. The molecule has 0 bridgehead atoms. The zero-order chi connectivity index (χ0) is 11.9. The highest BCUT2D eigenvalue weighted by molar-refractivity contribution is 5.83. The highest BCUT2D eigenvalue weighted by Gasteiger charge is 2.30. The molecule has 0 N–H and O–H groups in total. The van der Waals surface area contributed by atoms with Crippen LogP contribution in [0.3, 0.4) is 0 Å². The van der Waals surface area contributed by atoms with E-state index in [1.54, 1.807) is 7.05 Å². The Bertz CT molecular complexity index is 557. The van der Waals surface area contributed by atoms with Gasteiger partial charge >= 0.3 is 6.18 Å². The van der Waals surface area contributed by atoms with Crippen molar-refractivity contribution in [2.24, 2.45) is 7.05 Å². The highest BCUT2D eigenvalue weighted by atomic mass is 19.4. The molecule has 0 aliphatic carbocycles. The van der Waals surface area contributed by atoms with Crippen molar-refractivity contribution in [2.75, 3.05) is 0 Å². The Morgan fingerprint density at radius 2 is 2.06 bits per heavy atom. The first-order chi connectivity index (χ1) is 7.43. The number of halogens is 3. The van der Waals surface area contributed by atoms with Crippen LogP contribution in [-0.2, 0) is 13.2 Å². The number of aldehydes is 1. The summed E-state index contributed by atoms with van der Waals surface area (Å²) in [6, 6.07) is 3.21. The van der Waals surface area contributed by atoms with E-state index in [4.69, 9.17) is 0 Å². The Morgan fingerprint density at radius 3 is 2.62 bits per heavy atom. The van der Waals surface area contributed by atoms with Crippen molar-refractivity contribution in [3.05, 3.63) is 29.6 Å². The quantitative estimate of drug-likeness (QED) is 0.702. The van der Waals surface area contributed by atoms with Gasteiger partial charge in [-0.1, -0.05) is 0 Å². The van der Waals surface area contributed by atoms with Crippen LogP contribution in [0.5, 0.6) is 0 Å². The molecule has 84 valence electrons. The lowest BCUT2D eigenvalue weighted by atomic mass is 10.2. The Kier molecular flexibility index (Phi) is 2.22. The first kappa shape index (κ1) is 10.7. The van der Waals surface area contributed by atoms with Gasteiger partial charge in [-0.3, -0.25) is 4.79 Å². The largest absolute Gasteiger partial charge is 0.416 e. The van der Waals surface area contributed by atoms with Crippen molar-refractivity contribution < 1.29 is 18.0 Å². The second-order valence-corrected chi connectivity index (χ2v) is 3.35. The summed E-state index contributed by atoms with van der Waals surface area (Å²) in [4.78, 5) is 14.4. The van der Waals surface area contributed by atoms with Crippen LogP contribution in [0.2, 0.25) is 0 Å². The van der Waals surface area contributed by atoms with E-state index in [1.807, 2.05) is 0 Å². The summed E-state index contributed by atoms with van der Waals surface area (Å²) in [5, 5.41) is 0. The SMILES string of the molecule is Cn1c(C=O)nc2cc(C(F)(F)F)ccc21. The molecule has 0 atom stereocenters. The number of fused-ring (bicyclic) bond motifs is 1. The zero-order valence-electron chi connectivity index (χ0n) is 8.25. The predicted molar refractivity (Wildman–Crippen MR) is 51.1 cm³/mol. The number of aryl methyl sites for hydroxylation is 1. The number of rotatable bonds is 1. The smallest absolute Gasteiger partial charge is 0.325 e. The summed E-state index contributed by atoms with van der Waals surface area (Å²) in [5.74, 6) is 0.106. The van der Waals surface area contributed by atoms with E-state index < -0.39 is 11.7 Å². The van der Waals surface area contributed by atoms with Gasteiger partial charge in [-0.05, 0) is 18.2 Å². The summed E-state index contributed by atoms with van der Waals surface area (Å²) in [5.41, 5.74) is -0.106. The second-order valence-electron chi connectivity index (χ2n) is 3.35. The number of carbonyl (C=O) groups is 1. The van der Waals surface area contributed by atoms with Gasteiger partial charge in [-0.15, -0.1) is 0 Å². The second kappa shape index (κ2) is 3.33. The molecule has 0 saturated carbocycles. The Hall–Kier alpha value is -1.85. The van der Waals surface area contributed by atoms with Crippen LogP contribution in [0.4, 0.5) is 13.2 Å². The maximum absolute atomic E-state index is 12.4. The maximum atomic E-state index is 12.4. The van der Waals surface area contributed by atoms with E-state index in [-0.39, 0.29) is 11.3 Å². The molecule has 2 rings (SSSR count). The molecule has 1 aromatic heterocycles. The highest BCUT2D eigenvalue weighted by Crippen LogP contribution is 2.31. The minimum Gasteiger partial charge on any atom is -0.325 e. The Morgan fingerprint density at radius 1 is 1.38 bits per heavy atom. The van der Waals surface area contributed by atoms with Gasteiger partial charge in [-0.25, -0.2) is 4.98 Å². The number of hydrogen-bond acceptors (Lipinski definition) is 2. The van der Waals surface area contributed by atoms with Crippen molar-refractivity contribution in [1.29, 1.82) is 0 Å². The standard InChI is InChI=1S/C10H7F3N2O/c1-15-8-3-2-6(10(11,12)13)4-7(8)14-9(15)5-16/h2-5H,1H3. The van der Waals surface area contributed by atoms with E-state index in [1.165, 1.54) is 10.6 Å². The number of alkyl halides is 3. The summed E-state index contributed by atoms with van der Waals surface area (Å²) >= 11 is 0. The molecule has 0 fully saturated rings. The van der Waals surface area contributed by atoms with Crippen LogP contribution in [-0.4, -0.2) is 15.8 Å². The van der Waals surface area contributed by atoms with E-state index >= 15 is 0 Å². The van der Waals surface area contributed by atoms with Gasteiger partial charge in [0.25, 0.3) is 0 Å². The van der Waals surface area contributed by atoms with Crippen LogP contribution >= 0.6 is 0 Å². The molecular formula is C10H7F3N2O. The van der Waals surface area contributed by atoms with E-state index in [9.17, 15) is 18.0 Å². The maximum Gasteiger partial charge on any atom is 0.416 e. The van der Waals surface area contributed by atoms with Gasteiger partial charge in [0.1, 0.15) is 0 Å². The van der Waals surface area contributed by atoms with Crippen LogP contribution in [0.1, 0.15) is 16.2 Å². The number of aromatic nitrogens is 2. The van der Waals surface area contributed by atoms with E-state index in [2.05, 4.69) is 4.98 Å². The van der Waals surface area contributed by atoms with Gasteiger partial charge < -0.3 is 4.57 Å². The van der Waals surface area contributed by atoms with Gasteiger partial charge in [-0.2, -0.15) is 13.2 Å².